The lowest BCUT2D eigenvalue weighted by molar-refractivity contribution is -0.147. The second-order valence-electron chi connectivity index (χ2n) is 3.54. The summed E-state index contributed by atoms with van der Waals surface area (Å²) in [5, 5.41) is 0. The third-order valence-electron chi connectivity index (χ3n) is 1.97. The maximum absolute atomic E-state index is 11.1. The molecule has 1 amide bonds. The van der Waals surface area contributed by atoms with Gasteiger partial charge in [0.15, 0.2) is 6.61 Å². The van der Waals surface area contributed by atoms with Crippen molar-refractivity contribution in [3.8, 4) is 5.75 Å². The van der Waals surface area contributed by atoms with Crippen molar-refractivity contribution >= 4 is 27.8 Å². The fourth-order valence-corrected chi connectivity index (χ4v) is 1.57. The van der Waals surface area contributed by atoms with Crippen LogP contribution in [0.5, 0.6) is 5.75 Å². The molecule has 0 fully saturated rings. The second kappa shape index (κ2) is 7.71. The summed E-state index contributed by atoms with van der Waals surface area (Å²) in [5.74, 6) is -0.379. The Morgan fingerprint density at radius 2 is 2.11 bits per heavy atom. The van der Waals surface area contributed by atoms with Crippen molar-refractivity contribution in [3.05, 3.63) is 28.7 Å². The van der Waals surface area contributed by atoms with Gasteiger partial charge in [0.1, 0.15) is 5.75 Å². The van der Waals surface area contributed by atoms with Gasteiger partial charge in [-0.25, -0.2) is 0 Å². The number of benzene rings is 1. The van der Waals surface area contributed by atoms with E-state index in [1.165, 1.54) is 0 Å². The summed E-state index contributed by atoms with van der Waals surface area (Å²) >= 11 is 3.33. The molecule has 0 aliphatic heterocycles. The SMILES string of the molecule is NC(=O)COC(=O)CCCOc1cccc(Br)c1. The number of hydrogen-bond acceptors (Lipinski definition) is 4. The maximum atomic E-state index is 11.1. The molecule has 98 valence electrons. The first-order valence-corrected chi connectivity index (χ1v) is 6.19. The fourth-order valence-electron chi connectivity index (χ4n) is 1.19. The fraction of sp³-hybridized carbons (Fsp3) is 0.333. The van der Waals surface area contributed by atoms with E-state index >= 15 is 0 Å². The lowest BCUT2D eigenvalue weighted by Crippen LogP contribution is -2.21. The van der Waals surface area contributed by atoms with E-state index in [-0.39, 0.29) is 13.0 Å². The van der Waals surface area contributed by atoms with Gasteiger partial charge in [-0.2, -0.15) is 0 Å². The standard InChI is InChI=1S/C12H14BrNO4/c13-9-3-1-4-10(7-9)17-6-2-5-12(16)18-8-11(14)15/h1,3-4,7H,2,5-6,8H2,(H2,14,15). The van der Waals surface area contributed by atoms with E-state index in [1.54, 1.807) is 0 Å². The Morgan fingerprint density at radius 3 is 2.78 bits per heavy atom. The zero-order valence-electron chi connectivity index (χ0n) is 9.73. The smallest absolute Gasteiger partial charge is 0.306 e. The minimum atomic E-state index is -0.659. The Labute approximate surface area is 113 Å². The summed E-state index contributed by atoms with van der Waals surface area (Å²) in [6.45, 7) is 0.0352. The summed E-state index contributed by atoms with van der Waals surface area (Å²) in [4.78, 5) is 21.5. The molecule has 2 N–H and O–H groups in total. The van der Waals surface area contributed by atoms with Crippen LogP contribution in [0.1, 0.15) is 12.8 Å². The van der Waals surface area contributed by atoms with Gasteiger partial charge in [-0.05, 0) is 24.6 Å². The topological polar surface area (TPSA) is 78.6 Å². The van der Waals surface area contributed by atoms with E-state index in [4.69, 9.17) is 10.5 Å². The second-order valence-corrected chi connectivity index (χ2v) is 4.45. The zero-order valence-corrected chi connectivity index (χ0v) is 11.3. The van der Waals surface area contributed by atoms with E-state index in [1.807, 2.05) is 24.3 Å². The largest absolute Gasteiger partial charge is 0.494 e. The van der Waals surface area contributed by atoms with E-state index in [0.29, 0.717) is 13.0 Å². The molecular formula is C12H14BrNO4. The van der Waals surface area contributed by atoms with Gasteiger partial charge in [-0.1, -0.05) is 22.0 Å². The van der Waals surface area contributed by atoms with Crippen molar-refractivity contribution in [2.45, 2.75) is 12.8 Å². The number of rotatable bonds is 7. The third kappa shape index (κ3) is 6.24. The molecular weight excluding hydrogens is 302 g/mol. The van der Waals surface area contributed by atoms with E-state index in [0.717, 1.165) is 10.2 Å². The predicted octanol–water partition coefficient (Wildman–Crippen LogP) is 1.64. The molecule has 0 unspecified atom stereocenters. The van der Waals surface area contributed by atoms with E-state index in [9.17, 15) is 9.59 Å². The van der Waals surface area contributed by atoms with Gasteiger partial charge in [0, 0.05) is 10.9 Å². The molecule has 1 aromatic carbocycles. The number of ether oxygens (including phenoxy) is 2. The predicted molar refractivity (Wildman–Crippen MR) is 69.0 cm³/mol. The Balaban J connectivity index is 2.15. The number of esters is 1. The molecule has 0 aliphatic carbocycles. The minimum Gasteiger partial charge on any atom is -0.494 e. The van der Waals surface area contributed by atoms with Crippen LogP contribution in [0.15, 0.2) is 28.7 Å². The summed E-state index contributed by atoms with van der Waals surface area (Å²) in [7, 11) is 0. The van der Waals surface area contributed by atoms with Crippen LogP contribution in [0.3, 0.4) is 0 Å². The number of halogens is 1. The Morgan fingerprint density at radius 1 is 1.33 bits per heavy atom. The van der Waals surface area contributed by atoms with Crippen LogP contribution in [0.2, 0.25) is 0 Å². The lowest BCUT2D eigenvalue weighted by Gasteiger charge is -2.06. The van der Waals surface area contributed by atoms with Crippen LogP contribution in [0.4, 0.5) is 0 Å². The summed E-state index contributed by atoms with van der Waals surface area (Å²) in [6, 6.07) is 7.43. The number of nitrogens with two attached hydrogens (primary N) is 1. The number of carbonyl (C=O) groups excluding carboxylic acids is 2. The molecule has 6 heteroatoms. The molecule has 0 aliphatic rings. The lowest BCUT2D eigenvalue weighted by atomic mass is 10.3. The van der Waals surface area contributed by atoms with Gasteiger partial charge in [0.05, 0.1) is 6.61 Å². The minimum absolute atomic E-state index is 0.196. The summed E-state index contributed by atoms with van der Waals surface area (Å²) in [6.07, 6.45) is 0.714. The average Bonchev–Trinajstić information content (AvgIpc) is 2.32. The van der Waals surface area contributed by atoms with Crippen molar-refractivity contribution in [1.82, 2.24) is 0 Å². The molecule has 0 saturated heterocycles. The van der Waals surface area contributed by atoms with Crippen LogP contribution in [0.25, 0.3) is 0 Å². The first-order valence-electron chi connectivity index (χ1n) is 5.40. The van der Waals surface area contributed by atoms with Crippen LogP contribution < -0.4 is 10.5 Å². The van der Waals surface area contributed by atoms with Crippen molar-refractivity contribution in [2.75, 3.05) is 13.2 Å². The summed E-state index contributed by atoms with van der Waals surface area (Å²) < 4.78 is 11.0. The third-order valence-corrected chi connectivity index (χ3v) is 2.46. The van der Waals surface area contributed by atoms with Crippen molar-refractivity contribution in [1.29, 1.82) is 0 Å². The van der Waals surface area contributed by atoms with Gasteiger partial charge in [0.2, 0.25) is 0 Å². The quantitative estimate of drug-likeness (QED) is 0.613. The molecule has 0 bridgehead atoms. The number of hydrogen-bond donors (Lipinski definition) is 1. The van der Waals surface area contributed by atoms with Crippen molar-refractivity contribution in [2.24, 2.45) is 5.73 Å². The van der Waals surface area contributed by atoms with Crippen LogP contribution in [0, 0.1) is 0 Å². The number of amides is 1. The van der Waals surface area contributed by atoms with Gasteiger partial charge in [-0.15, -0.1) is 0 Å². The van der Waals surface area contributed by atoms with E-state index in [2.05, 4.69) is 20.7 Å². The van der Waals surface area contributed by atoms with E-state index < -0.39 is 11.9 Å². The van der Waals surface area contributed by atoms with Crippen LogP contribution in [-0.2, 0) is 14.3 Å². The first kappa shape index (κ1) is 14.5. The van der Waals surface area contributed by atoms with Crippen molar-refractivity contribution in [3.63, 3.8) is 0 Å². The molecule has 0 heterocycles. The summed E-state index contributed by atoms with van der Waals surface area (Å²) in [5.41, 5.74) is 4.84. The normalized spacial score (nSPS) is 9.83. The average molecular weight is 316 g/mol. The maximum Gasteiger partial charge on any atom is 0.306 e. The molecule has 0 spiro atoms. The molecule has 0 atom stereocenters. The molecule has 1 aromatic rings. The van der Waals surface area contributed by atoms with Gasteiger partial charge < -0.3 is 15.2 Å². The number of primary amides is 1. The molecule has 0 saturated carbocycles. The first-order chi connectivity index (χ1) is 8.58. The molecule has 5 nitrogen and oxygen atoms in total. The van der Waals surface area contributed by atoms with Crippen LogP contribution in [-0.4, -0.2) is 25.1 Å². The molecule has 18 heavy (non-hydrogen) atoms. The highest BCUT2D eigenvalue weighted by molar-refractivity contribution is 9.10. The molecule has 0 radical (unpaired) electrons. The Bertz CT molecular complexity index is 422. The van der Waals surface area contributed by atoms with Crippen LogP contribution >= 0.6 is 15.9 Å². The van der Waals surface area contributed by atoms with Gasteiger partial charge >= 0.3 is 5.97 Å². The highest BCUT2D eigenvalue weighted by Gasteiger charge is 2.04. The molecule has 1 rings (SSSR count). The Hall–Kier alpha value is -1.56. The Kier molecular flexibility index (Phi) is 6.21. The monoisotopic (exact) mass is 315 g/mol. The zero-order chi connectivity index (χ0) is 13.4. The molecule has 0 aromatic heterocycles. The highest BCUT2D eigenvalue weighted by atomic mass is 79.9. The highest BCUT2D eigenvalue weighted by Crippen LogP contribution is 2.17. The van der Waals surface area contributed by atoms with Gasteiger partial charge in [0.25, 0.3) is 5.91 Å². The van der Waals surface area contributed by atoms with Gasteiger partial charge in [-0.3, -0.25) is 9.59 Å². The van der Waals surface area contributed by atoms with Crippen molar-refractivity contribution < 1.29 is 19.1 Å². The number of carbonyl (C=O) groups is 2.